The van der Waals surface area contributed by atoms with E-state index in [2.05, 4.69) is 15.1 Å². The molecule has 0 aliphatic carbocycles. The van der Waals surface area contributed by atoms with Crippen LogP contribution in [0.5, 0.6) is 0 Å². The molecule has 3 aliphatic rings. The van der Waals surface area contributed by atoms with Crippen molar-refractivity contribution in [1.29, 1.82) is 0 Å². The van der Waals surface area contributed by atoms with Crippen LogP contribution in [-0.2, 0) is 0 Å². The summed E-state index contributed by atoms with van der Waals surface area (Å²) in [6, 6.07) is 0.924. The molecule has 3 heterocycles. The van der Waals surface area contributed by atoms with Gasteiger partial charge in [0, 0.05) is 38.8 Å². The summed E-state index contributed by atoms with van der Waals surface area (Å²) in [6.45, 7) is 9.04. The van der Waals surface area contributed by atoms with Crippen LogP contribution in [0.25, 0.3) is 0 Å². The Morgan fingerprint density at radius 2 is 1.50 bits per heavy atom. The van der Waals surface area contributed by atoms with Gasteiger partial charge in [-0.05, 0) is 44.7 Å². The number of rotatable bonds is 2. The molecule has 3 aliphatic heterocycles. The van der Waals surface area contributed by atoms with Crippen molar-refractivity contribution < 1.29 is 0 Å². The smallest absolute Gasteiger partial charge is 0.0136 e. The maximum Gasteiger partial charge on any atom is 0.0136 e. The minimum Gasteiger partial charge on any atom is -0.314 e. The first-order valence-corrected chi connectivity index (χ1v) is 7.60. The van der Waals surface area contributed by atoms with Gasteiger partial charge in [0.25, 0.3) is 0 Å². The number of nitrogens with one attached hydrogen (secondary N) is 1. The first-order chi connectivity index (χ1) is 8.43. The summed E-state index contributed by atoms with van der Waals surface area (Å²) in [5, 5.41) is 3.46. The fourth-order valence-electron chi connectivity index (χ4n) is 4.02. The van der Waals surface area contributed by atoms with Gasteiger partial charge in [0.05, 0.1) is 0 Å². The predicted octanol–water partition coefficient (Wildman–Crippen LogP) is 2.42. The SMILES string of the molecule is C1CCN2CCCC(CN3CCNCC3)C2C1.Cl.Cl.Cl. The Morgan fingerprint density at radius 1 is 0.800 bits per heavy atom. The van der Waals surface area contributed by atoms with Crippen molar-refractivity contribution in [3.8, 4) is 0 Å². The number of fused-ring (bicyclic) bond motifs is 1. The molecule has 0 spiro atoms. The number of hydrogen-bond acceptors (Lipinski definition) is 3. The largest absolute Gasteiger partial charge is 0.314 e. The maximum atomic E-state index is 3.46. The Kier molecular flexibility index (Phi) is 10.9. The fourth-order valence-corrected chi connectivity index (χ4v) is 4.02. The second-order valence-electron chi connectivity index (χ2n) is 6.05. The third-order valence-electron chi connectivity index (χ3n) is 4.93. The van der Waals surface area contributed by atoms with E-state index >= 15 is 0 Å². The van der Waals surface area contributed by atoms with Crippen LogP contribution in [0.1, 0.15) is 32.1 Å². The summed E-state index contributed by atoms with van der Waals surface area (Å²) in [6.07, 6.45) is 7.30. The maximum absolute atomic E-state index is 3.46. The van der Waals surface area contributed by atoms with Crippen molar-refractivity contribution in [2.75, 3.05) is 45.8 Å². The van der Waals surface area contributed by atoms with Crippen LogP contribution in [-0.4, -0.2) is 61.7 Å². The average molecular weight is 347 g/mol. The van der Waals surface area contributed by atoms with Gasteiger partial charge < -0.3 is 15.1 Å². The summed E-state index contributed by atoms with van der Waals surface area (Å²) < 4.78 is 0. The lowest BCUT2D eigenvalue weighted by Gasteiger charge is -2.46. The molecule has 3 rings (SSSR count). The molecule has 6 heteroatoms. The van der Waals surface area contributed by atoms with E-state index in [1.54, 1.807) is 0 Å². The van der Waals surface area contributed by atoms with Gasteiger partial charge in [-0.1, -0.05) is 6.42 Å². The summed E-state index contributed by atoms with van der Waals surface area (Å²) >= 11 is 0. The highest BCUT2D eigenvalue weighted by Crippen LogP contribution is 2.31. The molecule has 0 aromatic heterocycles. The quantitative estimate of drug-likeness (QED) is 0.828. The van der Waals surface area contributed by atoms with Crippen LogP contribution in [0, 0.1) is 5.92 Å². The zero-order valence-corrected chi connectivity index (χ0v) is 14.7. The number of piperazine rings is 1. The Hall–Kier alpha value is 0.750. The van der Waals surface area contributed by atoms with Gasteiger partial charge >= 0.3 is 0 Å². The van der Waals surface area contributed by atoms with Crippen LogP contribution >= 0.6 is 37.2 Å². The highest BCUT2D eigenvalue weighted by Gasteiger charge is 2.33. The van der Waals surface area contributed by atoms with E-state index in [1.807, 2.05) is 0 Å². The van der Waals surface area contributed by atoms with Crippen LogP contribution in [0.3, 0.4) is 0 Å². The third-order valence-corrected chi connectivity index (χ3v) is 4.93. The van der Waals surface area contributed by atoms with E-state index in [0.717, 1.165) is 12.0 Å². The monoisotopic (exact) mass is 345 g/mol. The molecule has 0 saturated carbocycles. The van der Waals surface area contributed by atoms with Gasteiger partial charge in [-0.3, -0.25) is 0 Å². The Bertz CT molecular complexity index is 248. The van der Waals surface area contributed by atoms with Crippen molar-refractivity contribution in [2.45, 2.75) is 38.1 Å². The van der Waals surface area contributed by atoms with E-state index < -0.39 is 0 Å². The lowest BCUT2D eigenvalue weighted by Crippen LogP contribution is -2.53. The van der Waals surface area contributed by atoms with Crippen molar-refractivity contribution >= 4 is 37.2 Å². The van der Waals surface area contributed by atoms with Gasteiger partial charge in [0.1, 0.15) is 0 Å². The van der Waals surface area contributed by atoms with E-state index in [-0.39, 0.29) is 37.2 Å². The second kappa shape index (κ2) is 10.5. The summed E-state index contributed by atoms with van der Waals surface area (Å²) in [4.78, 5) is 5.49. The molecule has 20 heavy (non-hydrogen) atoms. The Balaban J connectivity index is 0.00000120. The number of piperidine rings is 2. The molecule has 3 nitrogen and oxygen atoms in total. The molecule has 0 amide bonds. The minimum atomic E-state index is 0. The molecule has 2 atom stereocenters. The van der Waals surface area contributed by atoms with E-state index in [1.165, 1.54) is 77.9 Å². The summed E-state index contributed by atoms with van der Waals surface area (Å²) in [5.41, 5.74) is 0. The normalized spacial score (nSPS) is 31.2. The standard InChI is InChI=1S/C14H27N3.3ClH/c1-2-8-17-9-3-4-13(14(17)5-1)12-16-10-6-15-7-11-16;;;/h13-15H,1-12H2;3*1H. The average Bonchev–Trinajstić information content (AvgIpc) is 2.40. The molecule has 0 bridgehead atoms. The number of hydrogen-bond donors (Lipinski definition) is 1. The van der Waals surface area contributed by atoms with Crippen LogP contribution in [0.2, 0.25) is 0 Å². The van der Waals surface area contributed by atoms with Crippen molar-refractivity contribution in [2.24, 2.45) is 5.92 Å². The lowest BCUT2D eigenvalue weighted by atomic mass is 9.83. The van der Waals surface area contributed by atoms with Gasteiger partial charge in [-0.25, -0.2) is 0 Å². The van der Waals surface area contributed by atoms with Crippen LogP contribution < -0.4 is 5.32 Å². The van der Waals surface area contributed by atoms with Crippen molar-refractivity contribution in [1.82, 2.24) is 15.1 Å². The Morgan fingerprint density at radius 3 is 2.25 bits per heavy atom. The van der Waals surface area contributed by atoms with Gasteiger partial charge in [0.15, 0.2) is 0 Å². The van der Waals surface area contributed by atoms with E-state index in [0.29, 0.717) is 0 Å². The zero-order chi connectivity index (χ0) is 11.5. The van der Waals surface area contributed by atoms with Gasteiger partial charge in [-0.15, -0.1) is 37.2 Å². The molecule has 0 aromatic carbocycles. The highest BCUT2D eigenvalue weighted by molar-refractivity contribution is 5.86. The zero-order valence-electron chi connectivity index (χ0n) is 12.3. The lowest BCUT2D eigenvalue weighted by molar-refractivity contribution is 0.0383. The van der Waals surface area contributed by atoms with Gasteiger partial charge in [-0.2, -0.15) is 0 Å². The molecule has 1 N–H and O–H groups in total. The fraction of sp³-hybridized carbons (Fsp3) is 1.00. The topological polar surface area (TPSA) is 18.5 Å². The van der Waals surface area contributed by atoms with Crippen LogP contribution in [0.4, 0.5) is 0 Å². The first-order valence-electron chi connectivity index (χ1n) is 7.60. The summed E-state index contributed by atoms with van der Waals surface area (Å²) in [7, 11) is 0. The number of halogens is 3. The predicted molar refractivity (Wildman–Crippen MR) is 93.0 cm³/mol. The van der Waals surface area contributed by atoms with Crippen molar-refractivity contribution in [3.63, 3.8) is 0 Å². The molecule has 3 fully saturated rings. The number of nitrogens with zero attached hydrogens (tertiary/aromatic N) is 2. The van der Waals surface area contributed by atoms with E-state index in [4.69, 9.17) is 0 Å². The molecule has 2 unspecified atom stereocenters. The molecule has 0 radical (unpaired) electrons. The molecule has 0 aromatic rings. The van der Waals surface area contributed by atoms with E-state index in [9.17, 15) is 0 Å². The summed E-state index contributed by atoms with van der Waals surface area (Å²) in [5.74, 6) is 0.960. The van der Waals surface area contributed by atoms with Gasteiger partial charge in [0.2, 0.25) is 0 Å². The highest BCUT2D eigenvalue weighted by atomic mass is 35.5. The molecule has 3 saturated heterocycles. The third kappa shape index (κ3) is 5.19. The van der Waals surface area contributed by atoms with Crippen LogP contribution in [0.15, 0.2) is 0 Å². The van der Waals surface area contributed by atoms with Crippen molar-refractivity contribution in [3.05, 3.63) is 0 Å². The molecule has 122 valence electrons. The molecular weight excluding hydrogens is 317 g/mol. The minimum absolute atomic E-state index is 0. The molecular formula is C14H30Cl3N3. The first kappa shape index (κ1) is 20.8. The second-order valence-corrected chi connectivity index (χ2v) is 6.05. The Labute approximate surface area is 142 Å².